The second-order valence-electron chi connectivity index (χ2n) is 3.15. The monoisotopic (exact) mass is 258 g/mol. The average Bonchev–Trinajstić information content (AvgIpc) is 2.18. The van der Waals surface area contributed by atoms with Gasteiger partial charge in [0.1, 0.15) is 11.6 Å². The van der Waals surface area contributed by atoms with Gasteiger partial charge in [-0.05, 0) is 35.8 Å². The second-order valence-corrected chi connectivity index (χ2v) is 4.01. The summed E-state index contributed by atoms with van der Waals surface area (Å²) in [6.07, 6.45) is 2.74. The lowest BCUT2D eigenvalue weighted by molar-refractivity contribution is 0.780. The summed E-state index contributed by atoms with van der Waals surface area (Å²) < 4.78 is 0.919. The molecule has 1 aromatic heterocycles. The van der Waals surface area contributed by atoms with Gasteiger partial charge in [0.05, 0.1) is 4.47 Å². The van der Waals surface area contributed by atoms with Gasteiger partial charge < -0.3 is 10.6 Å². The van der Waals surface area contributed by atoms with E-state index in [1.165, 1.54) is 0 Å². The molecule has 5 heteroatoms. The fraction of sp³-hybridized carbons (Fsp3) is 0.556. The standard InChI is InChI=1S/C9H15BrN4/c1-7-12-6-8(10)9(13-7)14(2)5-3-4-11/h6H,3-5,11H2,1-2H3. The third kappa shape index (κ3) is 2.92. The van der Waals surface area contributed by atoms with Crippen LogP contribution in [0.1, 0.15) is 12.2 Å². The van der Waals surface area contributed by atoms with Gasteiger partial charge in [-0.25, -0.2) is 9.97 Å². The average molecular weight is 259 g/mol. The third-order valence-corrected chi connectivity index (χ3v) is 2.46. The van der Waals surface area contributed by atoms with E-state index in [1.807, 2.05) is 14.0 Å². The summed E-state index contributed by atoms with van der Waals surface area (Å²) in [7, 11) is 2.00. The number of aryl methyl sites for hydroxylation is 1. The molecule has 0 radical (unpaired) electrons. The summed E-state index contributed by atoms with van der Waals surface area (Å²) in [5.41, 5.74) is 5.45. The molecule has 4 nitrogen and oxygen atoms in total. The molecule has 0 aliphatic carbocycles. The summed E-state index contributed by atoms with van der Waals surface area (Å²) in [6, 6.07) is 0. The number of hydrogen-bond acceptors (Lipinski definition) is 4. The Morgan fingerprint density at radius 1 is 1.57 bits per heavy atom. The van der Waals surface area contributed by atoms with Crippen molar-refractivity contribution in [2.45, 2.75) is 13.3 Å². The van der Waals surface area contributed by atoms with Gasteiger partial charge in [-0.2, -0.15) is 0 Å². The molecule has 14 heavy (non-hydrogen) atoms. The van der Waals surface area contributed by atoms with Crippen molar-refractivity contribution in [1.82, 2.24) is 9.97 Å². The number of anilines is 1. The first kappa shape index (κ1) is 11.4. The molecule has 2 N–H and O–H groups in total. The first-order chi connectivity index (χ1) is 6.65. The van der Waals surface area contributed by atoms with Gasteiger partial charge in [0.25, 0.3) is 0 Å². The van der Waals surface area contributed by atoms with Crippen molar-refractivity contribution in [2.24, 2.45) is 5.73 Å². The van der Waals surface area contributed by atoms with Crippen LogP contribution in [0.25, 0.3) is 0 Å². The number of nitrogens with two attached hydrogens (primary N) is 1. The van der Waals surface area contributed by atoms with E-state index < -0.39 is 0 Å². The predicted molar refractivity (Wildman–Crippen MR) is 61.4 cm³/mol. The van der Waals surface area contributed by atoms with E-state index in [4.69, 9.17) is 5.73 Å². The van der Waals surface area contributed by atoms with Crippen LogP contribution in [0.15, 0.2) is 10.7 Å². The molecule has 0 aliphatic heterocycles. The van der Waals surface area contributed by atoms with Crippen LogP contribution >= 0.6 is 15.9 Å². The third-order valence-electron chi connectivity index (χ3n) is 1.91. The van der Waals surface area contributed by atoms with Crippen LogP contribution in [0, 0.1) is 6.92 Å². The van der Waals surface area contributed by atoms with Crippen molar-refractivity contribution in [3.63, 3.8) is 0 Å². The van der Waals surface area contributed by atoms with Crippen molar-refractivity contribution < 1.29 is 0 Å². The van der Waals surface area contributed by atoms with Crippen molar-refractivity contribution in [1.29, 1.82) is 0 Å². The van der Waals surface area contributed by atoms with Crippen molar-refractivity contribution in [3.8, 4) is 0 Å². The minimum atomic E-state index is 0.700. The van der Waals surface area contributed by atoms with E-state index in [0.29, 0.717) is 6.54 Å². The van der Waals surface area contributed by atoms with Gasteiger partial charge in [0.15, 0.2) is 0 Å². The van der Waals surface area contributed by atoms with Crippen LogP contribution in [-0.4, -0.2) is 30.1 Å². The maximum absolute atomic E-state index is 5.45. The molecule has 0 aliphatic rings. The first-order valence-electron chi connectivity index (χ1n) is 4.55. The molecule has 0 amide bonds. The Kier molecular flexibility index (Phi) is 4.28. The van der Waals surface area contributed by atoms with Crippen LogP contribution in [0.2, 0.25) is 0 Å². The van der Waals surface area contributed by atoms with Crippen LogP contribution in [0.5, 0.6) is 0 Å². The number of aromatic nitrogens is 2. The molecule has 0 fully saturated rings. The number of halogens is 1. The molecular formula is C9H15BrN4. The number of nitrogens with zero attached hydrogens (tertiary/aromatic N) is 3. The zero-order valence-corrected chi connectivity index (χ0v) is 10.1. The maximum atomic E-state index is 5.45. The molecule has 1 aromatic rings. The molecule has 1 rings (SSSR count). The largest absolute Gasteiger partial charge is 0.359 e. The molecule has 0 aromatic carbocycles. The highest BCUT2D eigenvalue weighted by Gasteiger charge is 2.07. The molecule has 0 spiro atoms. The summed E-state index contributed by atoms with van der Waals surface area (Å²) in [5.74, 6) is 1.70. The summed E-state index contributed by atoms with van der Waals surface area (Å²) in [5, 5.41) is 0. The Labute approximate surface area is 92.7 Å². The molecule has 0 unspecified atom stereocenters. The Morgan fingerprint density at radius 2 is 2.29 bits per heavy atom. The van der Waals surface area contributed by atoms with E-state index in [-0.39, 0.29) is 0 Å². The van der Waals surface area contributed by atoms with E-state index in [2.05, 4.69) is 30.8 Å². The molecule has 0 saturated carbocycles. The quantitative estimate of drug-likeness (QED) is 0.886. The first-order valence-corrected chi connectivity index (χ1v) is 5.34. The van der Waals surface area contributed by atoms with Gasteiger partial charge in [-0.1, -0.05) is 0 Å². The van der Waals surface area contributed by atoms with E-state index in [0.717, 1.165) is 29.1 Å². The molecule has 0 atom stereocenters. The molecular weight excluding hydrogens is 244 g/mol. The number of rotatable bonds is 4. The normalized spacial score (nSPS) is 10.3. The summed E-state index contributed by atoms with van der Waals surface area (Å²) in [6.45, 7) is 3.49. The van der Waals surface area contributed by atoms with Crippen LogP contribution < -0.4 is 10.6 Å². The van der Waals surface area contributed by atoms with Crippen LogP contribution in [-0.2, 0) is 0 Å². The van der Waals surface area contributed by atoms with Crippen molar-refractivity contribution in [3.05, 3.63) is 16.5 Å². The highest BCUT2D eigenvalue weighted by atomic mass is 79.9. The fourth-order valence-electron chi connectivity index (χ4n) is 1.15. The summed E-state index contributed by atoms with van der Waals surface area (Å²) >= 11 is 3.43. The zero-order chi connectivity index (χ0) is 10.6. The molecule has 0 saturated heterocycles. The smallest absolute Gasteiger partial charge is 0.146 e. The van der Waals surface area contributed by atoms with Crippen LogP contribution in [0.4, 0.5) is 5.82 Å². The van der Waals surface area contributed by atoms with E-state index >= 15 is 0 Å². The lowest BCUT2D eigenvalue weighted by Crippen LogP contribution is -2.22. The van der Waals surface area contributed by atoms with Crippen molar-refractivity contribution >= 4 is 21.7 Å². The minimum absolute atomic E-state index is 0.700. The second kappa shape index (κ2) is 5.26. The highest BCUT2D eigenvalue weighted by molar-refractivity contribution is 9.10. The SMILES string of the molecule is Cc1ncc(Br)c(N(C)CCCN)n1. The van der Waals surface area contributed by atoms with Gasteiger partial charge in [0, 0.05) is 19.8 Å². The van der Waals surface area contributed by atoms with E-state index in [9.17, 15) is 0 Å². The minimum Gasteiger partial charge on any atom is -0.359 e. The fourth-order valence-corrected chi connectivity index (χ4v) is 1.64. The lowest BCUT2D eigenvalue weighted by Gasteiger charge is -2.18. The Balaban J connectivity index is 2.77. The Morgan fingerprint density at radius 3 is 2.93 bits per heavy atom. The maximum Gasteiger partial charge on any atom is 0.146 e. The predicted octanol–water partition coefficient (Wildman–Crippen LogP) is 1.33. The van der Waals surface area contributed by atoms with Gasteiger partial charge >= 0.3 is 0 Å². The van der Waals surface area contributed by atoms with Gasteiger partial charge in [-0.15, -0.1) is 0 Å². The van der Waals surface area contributed by atoms with E-state index in [1.54, 1.807) is 6.20 Å². The lowest BCUT2D eigenvalue weighted by atomic mass is 10.4. The molecule has 78 valence electrons. The Hall–Kier alpha value is -0.680. The Bertz CT molecular complexity index is 303. The summed E-state index contributed by atoms with van der Waals surface area (Å²) in [4.78, 5) is 10.5. The highest BCUT2D eigenvalue weighted by Crippen LogP contribution is 2.21. The topological polar surface area (TPSA) is 55.0 Å². The van der Waals surface area contributed by atoms with Gasteiger partial charge in [0.2, 0.25) is 0 Å². The van der Waals surface area contributed by atoms with Gasteiger partial charge in [-0.3, -0.25) is 0 Å². The molecule has 0 bridgehead atoms. The van der Waals surface area contributed by atoms with Crippen molar-refractivity contribution in [2.75, 3.05) is 25.0 Å². The number of hydrogen-bond donors (Lipinski definition) is 1. The van der Waals surface area contributed by atoms with Crippen LogP contribution in [0.3, 0.4) is 0 Å². The molecule has 1 heterocycles. The zero-order valence-electron chi connectivity index (χ0n) is 8.50.